The second kappa shape index (κ2) is 18.9. The van der Waals surface area contributed by atoms with E-state index in [1.807, 2.05) is 0 Å². The summed E-state index contributed by atoms with van der Waals surface area (Å²) in [6, 6.07) is 4.88. The molecule has 47 heavy (non-hydrogen) atoms. The summed E-state index contributed by atoms with van der Waals surface area (Å²) < 4.78 is 0. The van der Waals surface area contributed by atoms with Crippen LogP contribution in [-0.2, 0) is 32.0 Å². The zero-order valence-corrected chi connectivity index (χ0v) is 27.0. The number of unbranched alkanes of at least 4 members (excludes halogenated alkanes) is 1. The summed E-state index contributed by atoms with van der Waals surface area (Å²) in [5, 5.41) is 27.6. The highest BCUT2D eigenvalue weighted by molar-refractivity contribution is 5.94. The summed E-state index contributed by atoms with van der Waals surface area (Å²) in [6.07, 6.45) is 2.00. The maximum absolute atomic E-state index is 13.7. The van der Waals surface area contributed by atoms with Gasteiger partial charge in [0, 0.05) is 13.0 Å². The van der Waals surface area contributed by atoms with Gasteiger partial charge in [-0.2, -0.15) is 0 Å². The van der Waals surface area contributed by atoms with Crippen LogP contribution in [0.4, 0.5) is 0 Å². The minimum atomic E-state index is -1.18. The summed E-state index contributed by atoms with van der Waals surface area (Å²) in [5.74, 6) is -2.69. The van der Waals surface area contributed by atoms with Gasteiger partial charge in [0.25, 0.3) is 0 Å². The van der Waals surface area contributed by atoms with Gasteiger partial charge in [-0.25, -0.2) is 0 Å². The number of carbonyl (C=O) groups is 4. The molecule has 0 heterocycles. The molecule has 0 unspecified atom stereocenters. The Balaban J connectivity index is 2.30. The Kier molecular flexibility index (Phi) is 15.4. The molecule has 0 fully saturated rings. The summed E-state index contributed by atoms with van der Waals surface area (Å²) in [5.41, 5.74) is 31.1. The number of primary amides is 1. The number of amides is 4. The van der Waals surface area contributed by atoms with Gasteiger partial charge in [0.05, 0.1) is 6.04 Å². The fraction of sp³-hybridized carbons (Fsp3) is 0.469. The number of aryl methyl sites for hydroxylation is 2. The van der Waals surface area contributed by atoms with E-state index >= 15 is 0 Å². The lowest BCUT2D eigenvalue weighted by Crippen LogP contribution is -2.58. The Hall–Kier alpha value is -4.89. The van der Waals surface area contributed by atoms with Crippen molar-refractivity contribution in [3.63, 3.8) is 0 Å². The molecule has 2 rings (SSSR count). The molecule has 15 N–H and O–H groups in total. The van der Waals surface area contributed by atoms with Crippen LogP contribution in [0.3, 0.4) is 0 Å². The molecule has 0 aliphatic carbocycles. The van der Waals surface area contributed by atoms with Crippen molar-refractivity contribution in [2.45, 2.75) is 83.0 Å². The molecule has 0 bridgehead atoms. The third kappa shape index (κ3) is 13.2. The second-order valence-corrected chi connectivity index (χ2v) is 11.6. The van der Waals surface area contributed by atoms with Crippen molar-refractivity contribution in [3.8, 4) is 11.5 Å². The highest BCUT2D eigenvalue weighted by Gasteiger charge is 2.30. The van der Waals surface area contributed by atoms with Crippen molar-refractivity contribution >= 4 is 29.6 Å². The summed E-state index contributed by atoms with van der Waals surface area (Å²) in [4.78, 5) is 56.5. The zero-order chi connectivity index (χ0) is 35.1. The molecule has 0 spiro atoms. The highest BCUT2D eigenvalue weighted by Crippen LogP contribution is 2.22. The van der Waals surface area contributed by atoms with Crippen LogP contribution < -0.4 is 44.6 Å². The number of nitrogens with zero attached hydrogens (tertiary/aromatic N) is 1. The van der Waals surface area contributed by atoms with Gasteiger partial charge in [-0.15, -0.1) is 0 Å². The van der Waals surface area contributed by atoms with E-state index < -0.39 is 47.8 Å². The first kappa shape index (κ1) is 38.3. The van der Waals surface area contributed by atoms with Crippen LogP contribution in [-0.4, -0.2) is 77.1 Å². The summed E-state index contributed by atoms with van der Waals surface area (Å²) in [7, 11) is 0. The lowest BCUT2D eigenvalue weighted by atomic mass is 9.95. The third-order valence-corrected chi connectivity index (χ3v) is 7.64. The van der Waals surface area contributed by atoms with Crippen molar-refractivity contribution in [3.05, 3.63) is 58.7 Å². The standard InChI is InChI=1S/C32H49N9O6/c1-18-14-22(43)15-19(2)23(18)17-24(34)29(45)40-26(7-5-13-38-32(36)37)30(46)41-27(16-20-8-10-21(42)11-9-20)31(47)39-25(28(35)44)6-3-4-12-33/h8-11,14-15,24-27,42-43H,3-7,12-13,16-17,33-34H2,1-2H3,(H2,35,44)(H,39,47)(H,40,45)(H,41,46)(H4,36,37,38)/t24-,25-,26+,27-/m0/s1. The minimum absolute atomic E-state index is 0.000276. The van der Waals surface area contributed by atoms with Crippen LogP contribution >= 0.6 is 0 Å². The number of rotatable bonds is 19. The number of nitrogens with one attached hydrogen (secondary N) is 3. The van der Waals surface area contributed by atoms with Gasteiger partial charge in [0.1, 0.15) is 29.6 Å². The lowest BCUT2D eigenvalue weighted by Gasteiger charge is -2.26. The maximum atomic E-state index is 13.7. The maximum Gasteiger partial charge on any atom is 0.243 e. The Labute approximate surface area is 274 Å². The number of hydrogen-bond donors (Lipinski definition) is 10. The quantitative estimate of drug-likeness (QED) is 0.0498. The summed E-state index contributed by atoms with van der Waals surface area (Å²) >= 11 is 0. The number of carbonyl (C=O) groups excluding carboxylic acids is 4. The van der Waals surface area contributed by atoms with Crippen molar-refractivity contribution in [2.24, 2.45) is 33.7 Å². The number of nitrogens with two attached hydrogens (primary N) is 5. The van der Waals surface area contributed by atoms with E-state index in [1.165, 1.54) is 12.1 Å². The van der Waals surface area contributed by atoms with E-state index in [-0.39, 0.29) is 49.7 Å². The fourth-order valence-corrected chi connectivity index (χ4v) is 5.06. The largest absolute Gasteiger partial charge is 0.508 e. The molecule has 0 aromatic heterocycles. The normalized spacial score (nSPS) is 13.4. The molecule has 2 aromatic rings. The number of benzene rings is 2. The number of phenolic OH excluding ortho intramolecular Hbond substituents is 2. The van der Waals surface area contributed by atoms with Crippen molar-refractivity contribution in [2.75, 3.05) is 13.1 Å². The Morgan fingerprint density at radius 1 is 0.745 bits per heavy atom. The van der Waals surface area contributed by atoms with E-state index in [0.29, 0.717) is 31.4 Å². The fourth-order valence-electron chi connectivity index (χ4n) is 5.06. The van der Waals surface area contributed by atoms with Gasteiger partial charge in [0.2, 0.25) is 23.6 Å². The van der Waals surface area contributed by atoms with E-state index in [1.54, 1.807) is 38.1 Å². The highest BCUT2D eigenvalue weighted by atomic mass is 16.3. The average Bonchev–Trinajstić information content (AvgIpc) is 3.00. The molecule has 0 saturated heterocycles. The SMILES string of the molecule is Cc1cc(O)cc(C)c1C[C@H](N)C(=O)N[C@H](CCCN=C(N)N)C(=O)N[C@@H](Cc1ccc(O)cc1)C(=O)N[C@@H](CCCCN)C(N)=O. The minimum Gasteiger partial charge on any atom is -0.508 e. The van der Waals surface area contributed by atoms with Gasteiger partial charge in [-0.1, -0.05) is 12.1 Å². The van der Waals surface area contributed by atoms with E-state index in [9.17, 15) is 29.4 Å². The number of phenols is 2. The van der Waals surface area contributed by atoms with Crippen LogP contribution in [0.25, 0.3) is 0 Å². The number of aromatic hydroxyl groups is 2. The predicted molar refractivity (Wildman–Crippen MR) is 179 cm³/mol. The molecule has 258 valence electrons. The van der Waals surface area contributed by atoms with E-state index in [0.717, 1.165) is 16.7 Å². The first-order valence-electron chi connectivity index (χ1n) is 15.5. The van der Waals surface area contributed by atoms with E-state index in [2.05, 4.69) is 20.9 Å². The first-order chi connectivity index (χ1) is 22.2. The smallest absolute Gasteiger partial charge is 0.243 e. The van der Waals surface area contributed by atoms with Crippen LogP contribution in [0.5, 0.6) is 11.5 Å². The van der Waals surface area contributed by atoms with Crippen molar-refractivity contribution in [1.29, 1.82) is 0 Å². The number of guanidine groups is 1. The average molecular weight is 656 g/mol. The number of hydrogen-bond acceptors (Lipinski definition) is 9. The van der Waals surface area contributed by atoms with Gasteiger partial charge >= 0.3 is 0 Å². The molecule has 15 nitrogen and oxygen atoms in total. The molecule has 4 atom stereocenters. The predicted octanol–water partition coefficient (Wildman–Crippen LogP) is -1.05. The zero-order valence-electron chi connectivity index (χ0n) is 27.0. The second-order valence-electron chi connectivity index (χ2n) is 11.6. The van der Waals surface area contributed by atoms with Gasteiger partial charge in [0.15, 0.2) is 5.96 Å². The Morgan fingerprint density at radius 3 is 1.87 bits per heavy atom. The molecule has 2 aromatic carbocycles. The van der Waals surface area contributed by atoms with Gasteiger partial charge < -0.3 is 54.8 Å². The Morgan fingerprint density at radius 2 is 1.30 bits per heavy atom. The molecule has 4 amide bonds. The summed E-state index contributed by atoms with van der Waals surface area (Å²) in [6.45, 7) is 4.19. The Bertz CT molecular complexity index is 1370. The van der Waals surface area contributed by atoms with Crippen molar-refractivity contribution < 1.29 is 29.4 Å². The van der Waals surface area contributed by atoms with Crippen LogP contribution in [0.2, 0.25) is 0 Å². The van der Waals surface area contributed by atoms with Crippen LogP contribution in [0.15, 0.2) is 41.4 Å². The molecule has 15 heteroatoms. The van der Waals surface area contributed by atoms with Gasteiger partial charge in [-0.3, -0.25) is 24.2 Å². The molecular weight excluding hydrogens is 606 g/mol. The van der Waals surface area contributed by atoms with E-state index in [4.69, 9.17) is 28.7 Å². The van der Waals surface area contributed by atoms with Crippen LogP contribution in [0.1, 0.15) is 54.4 Å². The topological polar surface area (TPSA) is 287 Å². The molecule has 0 radical (unpaired) electrons. The number of aliphatic imine (C=N–C) groups is 1. The molecule has 0 aliphatic rings. The third-order valence-electron chi connectivity index (χ3n) is 7.64. The monoisotopic (exact) mass is 655 g/mol. The van der Waals surface area contributed by atoms with Crippen molar-refractivity contribution in [1.82, 2.24) is 16.0 Å². The lowest BCUT2D eigenvalue weighted by molar-refractivity contribution is -0.133. The van der Waals surface area contributed by atoms with Gasteiger partial charge in [-0.05, 0) is 105 Å². The van der Waals surface area contributed by atoms with Crippen LogP contribution in [0, 0.1) is 13.8 Å². The molecule has 0 aliphatic heterocycles. The molecular formula is C32H49N9O6. The molecule has 0 saturated carbocycles. The first-order valence-corrected chi connectivity index (χ1v) is 15.5.